The first-order valence-electron chi connectivity index (χ1n) is 6.95. The zero-order chi connectivity index (χ0) is 14.0. The second-order valence-electron chi connectivity index (χ2n) is 5.52. The van der Waals surface area contributed by atoms with E-state index in [0.29, 0.717) is 16.7 Å². The number of amides is 1. The van der Waals surface area contributed by atoms with E-state index in [2.05, 4.69) is 18.7 Å². The van der Waals surface area contributed by atoms with Crippen molar-refractivity contribution in [3.63, 3.8) is 0 Å². The summed E-state index contributed by atoms with van der Waals surface area (Å²) in [5, 5.41) is 0. The Morgan fingerprint density at radius 2 is 2.05 bits per heavy atom. The minimum atomic E-state index is -0.405. The van der Waals surface area contributed by atoms with Crippen LogP contribution in [0.15, 0.2) is 18.2 Å². The summed E-state index contributed by atoms with van der Waals surface area (Å²) in [5.74, 6) is -0.405. The molecule has 0 aromatic heterocycles. The van der Waals surface area contributed by atoms with Gasteiger partial charge in [-0.1, -0.05) is 13.8 Å². The number of hydrogen-bond acceptors (Lipinski definition) is 3. The first-order valence-corrected chi connectivity index (χ1v) is 6.95. The molecule has 1 aliphatic heterocycles. The van der Waals surface area contributed by atoms with Crippen LogP contribution >= 0.6 is 0 Å². The van der Waals surface area contributed by atoms with Crippen molar-refractivity contribution in [2.75, 3.05) is 23.7 Å². The standard InChI is InChI=1S/C15H23N3O/c1-3-15(4-2)7-8-18(10-15)13-9-11(14(17)19)5-6-12(13)16/h5-6,9H,3-4,7-8,10,16H2,1-2H3,(H2,17,19). The van der Waals surface area contributed by atoms with Crippen molar-refractivity contribution in [3.8, 4) is 0 Å². The number of benzene rings is 1. The van der Waals surface area contributed by atoms with Crippen LogP contribution in [-0.4, -0.2) is 19.0 Å². The van der Waals surface area contributed by atoms with Gasteiger partial charge in [-0.2, -0.15) is 0 Å². The topological polar surface area (TPSA) is 72.3 Å². The molecule has 0 aliphatic carbocycles. The Morgan fingerprint density at radius 3 is 2.58 bits per heavy atom. The van der Waals surface area contributed by atoms with Crippen molar-refractivity contribution in [3.05, 3.63) is 23.8 Å². The molecule has 104 valence electrons. The minimum Gasteiger partial charge on any atom is -0.397 e. The zero-order valence-electron chi connectivity index (χ0n) is 11.8. The molecule has 4 nitrogen and oxygen atoms in total. The third-order valence-corrected chi connectivity index (χ3v) is 4.59. The van der Waals surface area contributed by atoms with E-state index in [-0.39, 0.29) is 0 Å². The number of nitrogens with two attached hydrogens (primary N) is 2. The highest BCUT2D eigenvalue weighted by molar-refractivity contribution is 5.95. The molecule has 1 amide bonds. The Hall–Kier alpha value is -1.71. The number of primary amides is 1. The number of anilines is 2. The molecule has 1 aromatic rings. The van der Waals surface area contributed by atoms with Gasteiger partial charge in [-0.05, 0) is 42.9 Å². The maximum Gasteiger partial charge on any atom is 0.248 e. The van der Waals surface area contributed by atoms with Crippen LogP contribution in [0.2, 0.25) is 0 Å². The van der Waals surface area contributed by atoms with Crippen LogP contribution in [0.3, 0.4) is 0 Å². The van der Waals surface area contributed by atoms with Crippen LogP contribution in [0.25, 0.3) is 0 Å². The van der Waals surface area contributed by atoms with Crippen molar-refractivity contribution in [1.29, 1.82) is 0 Å². The minimum absolute atomic E-state index is 0.384. The fourth-order valence-corrected chi connectivity index (χ4v) is 2.94. The molecule has 0 unspecified atom stereocenters. The fourth-order valence-electron chi connectivity index (χ4n) is 2.94. The molecule has 0 saturated carbocycles. The van der Waals surface area contributed by atoms with Crippen LogP contribution in [-0.2, 0) is 0 Å². The molecule has 0 bridgehead atoms. The summed E-state index contributed by atoms with van der Waals surface area (Å²) >= 11 is 0. The van der Waals surface area contributed by atoms with Crippen molar-refractivity contribution in [1.82, 2.24) is 0 Å². The van der Waals surface area contributed by atoms with Gasteiger partial charge in [-0.15, -0.1) is 0 Å². The van der Waals surface area contributed by atoms with Crippen molar-refractivity contribution >= 4 is 17.3 Å². The number of hydrogen-bond donors (Lipinski definition) is 2. The van der Waals surface area contributed by atoms with Crippen LogP contribution < -0.4 is 16.4 Å². The third-order valence-electron chi connectivity index (χ3n) is 4.59. The molecule has 1 fully saturated rings. The van der Waals surface area contributed by atoms with E-state index in [1.807, 2.05) is 6.07 Å². The Kier molecular flexibility index (Phi) is 3.69. The Labute approximate surface area is 114 Å². The maximum atomic E-state index is 11.3. The van der Waals surface area contributed by atoms with Crippen LogP contribution in [0, 0.1) is 5.41 Å². The summed E-state index contributed by atoms with van der Waals surface area (Å²) in [5.41, 5.74) is 14.0. The van der Waals surface area contributed by atoms with E-state index in [1.54, 1.807) is 12.1 Å². The Bertz CT molecular complexity index is 480. The summed E-state index contributed by atoms with van der Waals surface area (Å²) in [6, 6.07) is 5.27. The lowest BCUT2D eigenvalue weighted by Gasteiger charge is -2.28. The smallest absolute Gasteiger partial charge is 0.248 e. The summed E-state index contributed by atoms with van der Waals surface area (Å²) < 4.78 is 0. The molecule has 0 spiro atoms. The lowest BCUT2D eigenvalue weighted by atomic mass is 9.82. The molecule has 1 aliphatic rings. The molecule has 0 atom stereocenters. The van der Waals surface area contributed by atoms with Gasteiger partial charge in [0.15, 0.2) is 0 Å². The second kappa shape index (κ2) is 5.11. The van der Waals surface area contributed by atoms with Gasteiger partial charge in [0.25, 0.3) is 0 Å². The van der Waals surface area contributed by atoms with Gasteiger partial charge in [0.1, 0.15) is 0 Å². The highest BCUT2D eigenvalue weighted by Crippen LogP contribution is 2.40. The van der Waals surface area contributed by atoms with Gasteiger partial charge in [0.2, 0.25) is 5.91 Å². The van der Waals surface area contributed by atoms with E-state index >= 15 is 0 Å². The Morgan fingerprint density at radius 1 is 1.37 bits per heavy atom. The number of rotatable bonds is 4. The summed E-state index contributed by atoms with van der Waals surface area (Å²) in [6.07, 6.45) is 3.53. The molecule has 19 heavy (non-hydrogen) atoms. The van der Waals surface area contributed by atoms with Crippen LogP contribution in [0.1, 0.15) is 43.5 Å². The second-order valence-corrected chi connectivity index (χ2v) is 5.52. The number of carbonyl (C=O) groups excluding carboxylic acids is 1. The SMILES string of the molecule is CCC1(CC)CCN(c2cc(C(N)=O)ccc2N)C1. The summed E-state index contributed by atoms with van der Waals surface area (Å²) in [7, 11) is 0. The molecule has 2 rings (SSSR count). The number of nitrogen functional groups attached to an aromatic ring is 1. The molecule has 1 saturated heterocycles. The average Bonchev–Trinajstić information content (AvgIpc) is 2.84. The van der Waals surface area contributed by atoms with Crippen molar-refractivity contribution in [2.24, 2.45) is 11.1 Å². The maximum absolute atomic E-state index is 11.3. The molecule has 4 N–H and O–H groups in total. The molecule has 1 aromatic carbocycles. The average molecular weight is 261 g/mol. The fraction of sp³-hybridized carbons (Fsp3) is 0.533. The highest BCUT2D eigenvalue weighted by Gasteiger charge is 2.35. The van der Waals surface area contributed by atoms with Gasteiger partial charge in [-0.25, -0.2) is 0 Å². The number of nitrogens with zero attached hydrogens (tertiary/aromatic N) is 1. The molecular weight excluding hydrogens is 238 g/mol. The predicted molar refractivity (Wildman–Crippen MR) is 79.2 cm³/mol. The number of carbonyl (C=O) groups is 1. The van der Waals surface area contributed by atoms with Gasteiger partial charge in [0.05, 0.1) is 11.4 Å². The van der Waals surface area contributed by atoms with Gasteiger partial charge in [-0.3, -0.25) is 4.79 Å². The Balaban J connectivity index is 2.28. The first kappa shape index (κ1) is 13.7. The van der Waals surface area contributed by atoms with E-state index < -0.39 is 5.91 Å². The predicted octanol–water partition coefficient (Wildman–Crippen LogP) is 2.38. The highest BCUT2D eigenvalue weighted by atomic mass is 16.1. The van der Waals surface area contributed by atoms with E-state index in [9.17, 15) is 4.79 Å². The molecule has 0 radical (unpaired) electrons. The van der Waals surface area contributed by atoms with E-state index in [0.717, 1.165) is 18.8 Å². The van der Waals surface area contributed by atoms with E-state index in [4.69, 9.17) is 11.5 Å². The zero-order valence-corrected chi connectivity index (χ0v) is 11.8. The van der Waals surface area contributed by atoms with Crippen LogP contribution in [0.4, 0.5) is 11.4 Å². The molecule has 1 heterocycles. The van der Waals surface area contributed by atoms with E-state index in [1.165, 1.54) is 19.3 Å². The van der Waals surface area contributed by atoms with Gasteiger partial charge < -0.3 is 16.4 Å². The van der Waals surface area contributed by atoms with Crippen molar-refractivity contribution < 1.29 is 4.79 Å². The summed E-state index contributed by atoms with van der Waals surface area (Å²) in [6.45, 7) is 6.49. The summed E-state index contributed by atoms with van der Waals surface area (Å²) in [4.78, 5) is 13.6. The van der Waals surface area contributed by atoms with Gasteiger partial charge >= 0.3 is 0 Å². The van der Waals surface area contributed by atoms with Crippen molar-refractivity contribution in [2.45, 2.75) is 33.1 Å². The normalized spacial score (nSPS) is 17.7. The molecule has 4 heteroatoms. The van der Waals surface area contributed by atoms with Gasteiger partial charge in [0, 0.05) is 18.7 Å². The third kappa shape index (κ3) is 2.53. The lowest BCUT2D eigenvalue weighted by molar-refractivity contribution is 0.100. The largest absolute Gasteiger partial charge is 0.397 e. The quantitative estimate of drug-likeness (QED) is 0.817. The monoisotopic (exact) mass is 261 g/mol. The lowest BCUT2D eigenvalue weighted by Crippen LogP contribution is -2.27. The first-order chi connectivity index (χ1) is 9.01. The molecular formula is C15H23N3O. The van der Waals surface area contributed by atoms with Crippen LogP contribution in [0.5, 0.6) is 0 Å².